The normalized spacial score (nSPS) is 13.6. The van der Waals surface area contributed by atoms with Crippen LogP contribution in [0.25, 0.3) is 0 Å². The quantitative estimate of drug-likeness (QED) is 0.780. The van der Waals surface area contributed by atoms with Crippen LogP contribution in [0, 0.1) is 11.8 Å². The molecule has 1 aromatic carbocycles. The number of nitrogens with zero attached hydrogens (tertiary/aromatic N) is 1. The second-order valence-corrected chi connectivity index (χ2v) is 4.46. The van der Waals surface area contributed by atoms with Crippen LogP contribution in [0.15, 0.2) is 24.3 Å². The molecule has 0 atom stereocenters. The Labute approximate surface area is 112 Å². The van der Waals surface area contributed by atoms with Crippen LogP contribution >= 0.6 is 0 Å². The van der Waals surface area contributed by atoms with Crippen molar-refractivity contribution < 1.29 is 15.0 Å². The van der Waals surface area contributed by atoms with E-state index in [1.807, 2.05) is 6.07 Å². The maximum Gasteiger partial charge on any atom is 0.255 e. The zero-order chi connectivity index (χ0) is 13.7. The molecule has 0 saturated heterocycles. The van der Waals surface area contributed by atoms with E-state index in [1.165, 1.54) is 0 Å². The lowest BCUT2D eigenvalue weighted by molar-refractivity contribution is 0.0707. The Balaban J connectivity index is 2.26. The van der Waals surface area contributed by atoms with Gasteiger partial charge in [0.2, 0.25) is 0 Å². The molecule has 0 bridgehead atoms. The second kappa shape index (κ2) is 6.37. The predicted octanol–water partition coefficient (Wildman–Crippen LogP) is 0.627. The molecule has 0 radical (unpaired) electrons. The van der Waals surface area contributed by atoms with Gasteiger partial charge in [-0.1, -0.05) is 24.0 Å². The highest BCUT2D eigenvalue weighted by molar-refractivity contribution is 5.97. The van der Waals surface area contributed by atoms with Crippen molar-refractivity contribution in [3.05, 3.63) is 35.4 Å². The predicted molar refractivity (Wildman–Crippen MR) is 71.6 cm³/mol. The summed E-state index contributed by atoms with van der Waals surface area (Å²) in [6.45, 7) is 0.0868. The lowest BCUT2D eigenvalue weighted by Crippen LogP contribution is -2.35. The molecule has 0 aliphatic heterocycles. The first-order chi connectivity index (χ1) is 9.27. The van der Waals surface area contributed by atoms with Crippen LogP contribution in [0.2, 0.25) is 0 Å². The van der Waals surface area contributed by atoms with Crippen molar-refractivity contribution in [2.45, 2.75) is 18.9 Å². The number of hydrogen-bond acceptors (Lipinski definition) is 3. The molecule has 1 saturated carbocycles. The van der Waals surface area contributed by atoms with Crippen LogP contribution in [-0.4, -0.2) is 46.8 Å². The molecular weight excluding hydrogens is 242 g/mol. The number of carbonyl (C=O) groups is 1. The summed E-state index contributed by atoms with van der Waals surface area (Å²) >= 11 is 0. The highest BCUT2D eigenvalue weighted by Gasteiger charge is 2.33. The van der Waals surface area contributed by atoms with E-state index in [4.69, 9.17) is 10.2 Å². The molecule has 2 N–H and O–H groups in total. The second-order valence-electron chi connectivity index (χ2n) is 4.46. The van der Waals surface area contributed by atoms with Crippen LogP contribution in [0.5, 0.6) is 0 Å². The van der Waals surface area contributed by atoms with Crippen molar-refractivity contribution in [1.82, 2.24) is 4.90 Å². The fraction of sp³-hybridized carbons (Fsp3) is 0.400. The molecule has 2 rings (SSSR count). The van der Waals surface area contributed by atoms with Crippen LogP contribution in [0.4, 0.5) is 0 Å². The van der Waals surface area contributed by atoms with E-state index in [0.29, 0.717) is 17.7 Å². The molecule has 100 valence electrons. The van der Waals surface area contributed by atoms with Gasteiger partial charge in [0.1, 0.15) is 6.61 Å². The number of aliphatic hydroxyl groups excluding tert-OH is 2. The van der Waals surface area contributed by atoms with E-state index in [2.05, 4.69) is 11.8 Å². The summed E-state index contributed by atoms with van der Waals surface area (Å²) in [4.78, 5) is 14.2. The SMILES string of the molecule is O=C(c1ccccc1C#CCO)N(CCO)C1CC1. The molecule has 0 spiro atoms. The van der Waals surface area contributed by atoms with Gasteiger partial charge in [0.05, 0.1) is 12.2 Å². The van der Waals surface area contributed by atoms with Gasteiger partial charge in [0, 0.05) is 18.2 Å². The number of amides is 1. The van der Waals surface area contributed by atoms with Gasteiger partial charge < -0.3 is 15.1 Å². The van der Waals surface area contributed by atoms with Gasteiger partial charge in [-0.25, -0.2) is 0 Å². The lowest BCUT2D eigenvalue weighted by Gasteiger charge is -2.22. The molecule has 1 fully saturated rings. The van der Waals surface area contributed by atoms with E-state index >= 15 is 0 Å². The van der Waals surface area contributed by atoms with Crippen molar-refractivity contribution in [3.8, 4) is 11.8 Å². The van der Waals surface area contributed by atoms with Gasteiger partial charge in [-0.2, -0.15) is 0 Å². The average Bonchev–Trinajstić information content (AvgIpc) is 3.26. The standard InChI is InChI=1S/C15H17NO3/c17-10-3-5-12-4-1-2-6-14(12)15(19)16(9-11-18)13-7-8-13/h1-2,4,6,13,17-18H,7-11H2. The van der Waals surface area contributed by atoms with E-state index in [-0.39, 0.29) is 25.2 Å². The smallest absolute Gasteiger partial charge is 0.255 e. The molecule has 0 aromatic heterocycles. The Morgan fingerprint density at radius 3 is 2.68 bits per heavy atom. The van der Waals surface area contributed by atoms with Gasteiger partial charge >= 0.3 is 0 Å². The third kappa shape index (κ3) is 3.34. The Morgan fingerprint density at radius 1 is 1.32 bits per heavy atom. The summed E-state index contributed by atoms with van der Waals surface area (Å²) in [5.41, 5.74) is 1.15. The topological polar surface area (TPSA) is 60.8 Å². The van der Waals surface area contributed by atoms with Gasteiger partial charge in [0.25, 0.3) is 5.91 Å². The van der Waals surface area contributed by atoms with Crippen LogP contribution in [0.3, 0.4) is 0 Å². The molecule has 0 heterocycles. The van der Waals surface area contributed by atoms with Crippen molar-refractivity contribution >= 4 is 5.91 Å². The largest absolute Gasteiger partial charge is 0.395 e. The minimum absolute atomic E-state index is 0.0350. The summed E-state index contributed by atoms with van der Waals surface area (Å²) in [6, 6.07) is 7.35. The molecule has 1 aromatic rings. The Hall–Kier alpha value is -1.83. The summed E-state index contributed by atoms with van der Waals surface area (Å²) in [5, 5.41) is 17.8. The Kier molecular flexibility index (Phi) is 4.56. The molecule has 1 aliphatic carbocycles. The zero-order valence-electron chi connectivity index (χ0n) is 10.7. The van der Waals surface area contributed by atoms with E-state index in [1.54, 1.807) is 23.1 Å². The highest BCUT2D eigenvalue weighted by Crippen LogP contribution is 2.28. The molecule has 0 unspecified atom stereocenters. The first-order valence-electron chi connectivity index (χ1n) is 6.38. The maximum atomic E-state index is 12.5. The minimum atomic E-state index is -0.231. The van der Waals surface area contributed by atoms with Gasteiger partial charge in [-0.15, -0.1) is 0 Å². The fourth-order valence-corrected chi connectivity index (χ4v) is 2.01. The first kappa shape index (κ1) is 13.6. The zero-order valence-corrected chi connectivity index (χ0v) is 10.7. The van der Waals surface area contributed by atoms with E-state index < -0.39 is 0 Å². The van der Waals surface area contributed by atoms with Crippen molar-refractivity contribution in [1.29, 1.82) is 0 Å². The number of carbonyl (C=O) groups excluding carboxylic acids is 1. The Bertz CT molecular complexity index is 512. The number of benzene rings is 1. The van der Waals surface area contributed by atoms with Crippen molar-refractivity contribution in [2.24, 2.45) is 0 Å². The number of aliphatic hydroxyl groups is 2. The van der Waals surface area contributed by atoms with Crippen LogP contribution in [-0.2, 0) is 0 Å². The van der Waals surface area contributed by atoms with Crippen LogP contribution < -0.4 is 0 Å². The average molecular weight is 259 g/mol. The molecule has 4 heteroatoms. The monoisotopic (exact) mass is 259 g/mol. The third-order valence-corrected chi connectivity index (χ3v) is 3.05. The third-order valence-electron chi connectivity index (χ3n) is 3.05. The van der Waals surface area contributed by atoms with Crippen molar-refractivity contribution in [2.75, 3.05) is 19.8 Å². The fourth-order valence-electron chi connectivity index (χ4n) is 2.01. The van der Waals surface area contributed by atoms with Gasteiger partial charge in [-0.05, 0) is 25.0 Å². The molecular formula is C15H17NO3. The van der Waals surface area contributed by atoms with Crippen molar-refractivity contribution in [3.63, 3.8) is 0 Å². The maximum absolute atomic E-state index is 12.5. The number of hydrogen-bond donors (Lipinski definition) is 2. The molecule has 1 amide bonds. The summed E-state index contributed by atoms with van der Waals surface area (Å²) < 4.78 is 0. The Morgan fingerprint density at radius 2 is 2.05 bits per heavy atom. The summed E-state index contributed by atoms with van der Waals surface area (Å²) in [5.74, 6) is 5.25. The van der Waals surface area contributed by atoms with Gasteiger partial charge in [0.15, 0.2) is 0 Å². The van der Waals surface area contributed by atoms with Crippen LogP contribution in [0.1, 0.15) is 28.8 Å². The first-order valence-corrected chi connectivity index (χ1v) is 6.38. The molecule has 19 heavy (non-hydrogen) atoms. The molecule has 1 aliphatic rings. The van der Waals surface area contributed by atoms with E-state index in [9.17, 15) is 4.79 Å². The highest BCUT2D eigenvalue weighted by atomic mass is 16.3. The summed E-state index contributed by atoms with van der Waals surface area (Å²) in [6.07, 6.45) is 1.99. The number of rotatable bonds is 4. The minimum Gasteiger partial charge on any atom is -0.395 e. The van der Waals surface area contributed by atoms with E-state index in [0.717, 1.165) is 12.8 Å². The van der Waals surface area contributed by atoms with Gasteiger partial charge in [-0.3, -0.25) is 4.79 Å². The lowest BCUT2D eigenvalue weighted by atomic mass is 10.1. The summed E-state index contributed by atoms with van der Waals surface area (Å²) in [7, 11) is 0. The molecule has 4 nitrogen and oxygen atoms in total.